The number of hydrogen-bond acceptors (Lipinski definition) is 6. The molecule has 0 fully saturated rings. The number of hydroxylamine groups is 1. The van der Waals surface area contributed by atoms with Crippen LogP contribution in [-0.2, 0) is 9.63 Å². The Morgan fingerprint density at radius 3 is 2.62 bits per heavy atom. The number of aromatic nitrogens is 2. The number of ether oxygens (including phenoxy) is 2. The van der Waals surface area contributed by atoms with Gasteiger partial charge in [0.2, 0.25) is 5.88 Å². The molecule has 0 radical (unpaired) electrons. The van der Waals surface area contributed by atoms with Crippen molar-refractivity contribution < 1.29 is 19.1 Å². The van der Waals surface area contributed by atoms with Gasteiger partial charge in [0.1, 0.15) is 18.1 Å². The van der Waals surface area contributed by atoms with Crippen molar-refractivity contribution in [1.82, 2.24) is 15.4 Å². The highest BCUT2D eigenvalue weighted by atomic mass is 35.5. The summed E-state index contributed by atoms with van der Waals surface area (Å²) < 4.78 is 11.3. The molecule has 0 bridgehead atoms. The third-order valence-electron chi connectivity index (χ3n) is 3.61. The zero-order chi connectivity index (χ0) is 20.8. The van der Waals surface area contributed by atoms with Gasteiger partial charge < -0.3 is 9.47 Å². The van der Waals surface area contributed by atoms with Crippen LogP contribution < -0.4 is 15.0 Å². The average molecular weight is 434 g/mol. The number of fused-ring (bicyclic) bond motifs is 1. The number of benzene rings is 2. The number of halogens is 2. The molecule has 2 aromatic carbocycles. The number of hydrogen-bond donors (Lipinski definition) is 1. The van der Waals surface area contributed by atoms with Crippen LogP contribution in [0, 0.1) is 0 Å². The minimum Gasteiger partial charge on any atom is -0.481 e. The molecule has 1 heterocycles. The van der Waals surface area contributed by atoms with E-state index in [-0.39, 0.29) is 11.6 Å². The smallest absolute Gasteiger partial charge is 0.284 e. The van der Waals surface area contributed by atoms with Gasteiger partial charge in [-0.25, -0.2) is 15.4 Å². The highest BCUT2D eigenvalue weighted by molar-refractivity contribution is 6.31. The van der Waals surface area contributed by atoms with Crippen LogP contribution in [0.5, 0.6) is 17.4 Å². The summed E-state index contributed by atoms with van der Waals surface area (Å²) >= 11 is 11.5. The highest BCUT2D eigenvalue weighted by Crippen LogP contribution is 2.24. The van der Waals surface area contributed by atoms with E-state index >= 15 is 0 Å². The minimum atomic E-state index is -0.775. The number of nitrogens with one attached hydrogen (secondary N) is 1. The van der Waals surface area contributed by atoms with E-state index in [0.717, 1.165) is 0 Å². The summed E-state index contributed by atoms with van der Waals surface area (Å²) in [5.74, 6) is 0.927. The van der Waals surface area contributed by atoms with Crippen molar-refractivity contribution in [2.75, 3.05) is 6.61 Å². The van der Waals surface area contributed by atoms with Gasteiger partial charge in [0, 0.05) is 10.1 Å². The number of rotatable bonds is 8. The van der Waals surface area contributed by atoms with Gasteiger partial charge in [-0.05, 0) is 49.4 Å². The third-order valence-corrected chi connectivity index (χ3v) is 3.96. The SMILES string of the molecule is C=C(Cl)CONC(=O)[C@@H](C)Oc1ccc(Oc2cnc3cc(Cl)ccc3n2)cc1. The van der Waals surface area contributed by atoms with Crippen molar-refractivity contribution in [3.8, 4) is 17.4 Å². The maximum atomic E-state index is 11.9. The van der Waals surface area contributed by atoms with Gasteiger partial charge in [0.25, 0.3) is 5.91 Å². The molecule has 150 valence electrons. The predicted molar refractivity (Wildman–Crippen MR) is 110 cm³/mol. The molecule has 0 aliphatic carbocycles. The summed E-state index contributed by atoms with van der Waals surface area (Å²) in [4.78, 5) is 25.4. The number of carbonyl (C=O) groups is 1. The van der Waals surface area contributed by atoms with Crippen LogP contribution in [0.3, 0.4) is 0 Å². The van der Waals surface area contributed by atoms with Crippen molar-refractivity contribution in [3.05, 3.63) is 65.3 Å². The van der Waals surface area contributed by atoms with Crippen LogP contribution >= 0.6 is 23.2 Å². The molecule has 0 aliphatic heterocycles. The molecular weight excluding hydrogens is 417 g/mol. The lowest BCUT2D eigenvalue weighted by Gasteiger charge is -2.14. The van der Waals surface area contributed by atoms with E-state index in [1.807, 2.05) is 0 Å². The Kier molecular flexibility index (Phi) is 6.87. The van der Waals surface area contributed by atoms with E-state index in [4.69, 9.17) is 37.5 Å². The Hall–Kier alpha value is -2.87. The van der Waals surface area contributed by atoms with Gasteiger partial charge in [-0.2, -0.15) is 0 Å². The molecule has 1 aromatic heterocycles. The quantitative estimate of drug-likeness (QED) is 0.520. The van der Waals surface area contributed by atoms with E-state index in [1.165, 1.54) is 6.20 Å². The first-order valence-electron chi connectivity index (χ1n) is 8.52. The Morgan fingerprint density at radius 1 is 1.17 bits per heavy atom. The maximum absolute atomic E-state index is 11.9. The Balaban J connectivity index is 1.58. The number of amides is 1. The first-order chi connectivity index (χ1) is 13.9. The van der Waals surface area contributed by atoms with E-state index in [2.05, 4.69) is 22.0 Å². The van der Waals surface area contributed by atoms with Crippen LogP contribution in [0.15, 0.2) is 60.3 Å². The molecule has 0 saturated carbocycles. The summed E-state index contributed by atoms with van der Waals surface area (Å²) in [5, 5.41) is 0.865. The normalized spacial score (nSPS) is 11.7. The summed E-state index contributed by atoms with van der Waals surface area (Å²) in [6.45, 7) is 5.06. The molecule has 0 spiro atoms. The molecule has 1 atom stereocenters. The number of carbonyl (C=O) groups excluding carboxylic acids is 1. The largest absolute Gasteiger partial charge is 0.481 e. The third kappa shape index (κ3) is 6.05. The molecule has 9 heteroatoms. The summed E-state index contributed by atoms with van der Waals surface area (Å²) in [6, 6.07) is 12.0. The maximum Gasteiger partial charge on any atom is 0.284 e. The Morgan fingerprint density at radius 2 is 1.90 bits per heavy atom. The van der Waals surface area contributed by atoms with Crippen LogP contribution in [0.25, 0.3) is 11.0 Å². The molecule has 0 saturated heterocycles. The molecule has 1 amide bonds. The lowest BCUT2D eigenvalue weighted by atomic mass is 10.3. The second-order valence-corrected chi connectivity index (χ2v) is 6.92. The first kappa shape index (κ1) is 20.9. The van der Waals surface area contributed by atoms with Crippen molar-refractivity contribution in [1.29, 1.82) is 0 Å². The standard InChI is InChI=1S/C20H17Cl2N3O4/c1-12(21)11-27-25-20(26)13(2)28-15-4-6-16(7-5-15)29-19-10-23-18-9-14(22)3-8-17(18)24-19/h3-10,13H,1,11H2,2H3,(H,25,26)/t13-/m1/s1. The van der Waals surface area contributed by atoms with Gasteiger partial charge in [-0.3, -0.25) is 9.63 Å². The van der Waals surface area contributed by atoms with E-state index in [1.54, 1.807) is 49.4 Å². The van der Waals surface area contributed by atoms with Crippen molar-refractivity contribution in [3.63, 3.8) is 0 Å². The summed E-state index contributed by atoms with van der Waals surface area (Å²) in [5.41, 5.74) is 3.59. The first-order valence-corrected chi connectivity index (χ1v) is 9.28. The van der Waals surface area contributed by atoms with Gasteiger partial charge in [-0.15, -0.1) is 0 Å². The van der Waals surface area contributed by atoms with Gasteiger partial charge in [0.05, 0.1) is 17.2 Å². The van der Waals surface area contributed by atoms with E-state index in [9.17, 15) is 4.79 Å². The van der Waals surface area contributed by atoms with Crippen molar-refractivity contribution in [2.45, 2.75) is 13.0 Å². The van der Waals surface area contributed by atoms with E-state index in [0.29, 0.717) is 33.4 Å². The fourth-order valence-corrected chi connectivity index (χ4v) is 2.47. The minimum absolute atomic E-state index is 0.0107. The zero-order valence-corrected chi connectivity index (χ0v) is 16.9. The van der Waals surface area contributed by atoms with E-state index < -0.39 is 12.0 Å². The molecule has 7 nitrogen and oxygen atoms in total. The molecule has 3 rings (SSSR count). The van der Waals surface area contributed by atoms with Crippen molar-refractivity contribution in [2.24, 2.45) is 0 Å². The van der Waals surface area contributed by atoms with Crippen molar-refractivity contribution >= 4 is 40.1 Å². The molecule has 0 aliphatic rings. The molecule has 29 heavy (non-hydrogen) atoms. The van der Waals surface area contributed by atoms with Crippen LogP contribution in [0.2, 0.25) is 5.02 Å². The zero-order valence-electron chi connectivity index (χ0n) is 15.4. The number of nitrogens with zero attached hydrogens (tertiary/aromatic N) is 2. The monoisotopic (exact) mass is 433 g/mol. The second-order valence-electron chi connectivity index (χ2n) is 5.95. The van der Waals surface area contributed by atoms with Crippen LogP contribution in [0.4, 0.5) is 0 Å². The topological polar surface area (TPSA) is 82.6 Å². The second kappa shape index (κ2) is 9.56. The Labute approximate surface area is 177 Å². The lowest BCUT2D eigenvalue weighted by Crippen LogP contribution is -2.36. The summed E-state index contributed by atoms with van der Waals surface area (Å²) in [6.07, 6.45) is 0.744. The molecule has 3 aromatic rings. The van der Waals surface area contributed by atoms with Crippen LogP contribution in [-0.4, -0.2) is 28.6 Å². The molecule has 0 unspecified atom stereocenters. The van der Waals surface area contributed by atoms with Gasteiger partial charge >= 0.3 is 0 Å². The fourth-order valence-electron chi connectivity index (χ4n) is 2.25. The van der Waals surface area contributed by atoms with Gasteiger partial charge in [-0.1, -0.05) is 29.8 Å². The molecular formula is C20H17Cl2N3O4. The predicted octanol–water partition coefficient (Wildman–Crippen LogP) is 4.64. The highest BCUT2D eigenvalue weighted by Gasteiger charge is 2.15. The average Bonchev–Trinajstić information content (AvgIpc) is 2.69. The van der Waals surface area contributed by atoms with Crippen LogP contribution in [0.1, 0.15) is 6.92 Å². The lowest BCUT2D eigenvalue weighted by molar-refractivity contribution is -0.139. The van der Waals surface area contributed by atoms with Gasteiger partial charge in [0.15, 0.2) is 6.10 Å². The fraction of sp³-hybridized carbons (Fsp3) is 0.150. The Bertz CT molecular complexity index is 1030. The molecule has 1 N–H and O–H groups in total. The summed E-state index contributed by atoms with van der Waals surface area (Å²) in [7, 11) is 0.